The molecule has 1 amide bonds. The van der Waals surface area contributed by atoms with E-state index in [1.165, 1.54) is 25.8 Å². The smallest absolute Gasteiger partial charge is 0.223 e. The van der Waals surface area contributed by atoms with Crippen molar-refractivity contribution in [1.82, 2.24) is 10.2 Å². The third-order valence-electron chi connectivity index (χ3n) is 5.73. The molecule has 1 heterocycles. The van der Waals surface area contributed by atoms with E-state index in [-0.39, 0.29) is 23.4 Å². The van der Waals surface area contributed by atoms with Crippen LogP contribution in [0.5, 0.6) is 0 Å². The monoisotopic (exact) mass is 309 g/mol. The summed E-state index contributed by atoms with van der Waals surface area (Å²) in [6.07, 6.45) is 7.92. The maximum absolute atomic E-state index is 12.4. The van der Waals surface area contributed by atoms with E-state index < -0.39 is 0 Å². The highest BCUT2D eigenvalue weighted by Gasteiger charge is 2.32. The molecule has 3 N–H and O–H groups in total. The van der Waals surface area contributed by atoms with Crippen molar-refractivity contribution in [2.75, 3.05) is 19.6 Å². The number of nitrogens with one attached hydrogen (secondary N) is 1. The molecule has 0 aromatic carbocycles. The van der Waals surface area contributed by atoms with Crippen molar-refractivity contribution in [3.05, 3.63) is 0 Å². The lowest BCUT2D eigenvalue weighted by Crippen LogP contribution is -2.55. The van der Waals surface area contributed by atoms with Crippen LogP contribution in [0.3, 0.4) is 0 Å². The molecule has 1 aliphatic carbocycles. The maximum atomic E-state index is 12.4. The SMILES string of the molecule is CCC1CCCN(C(C)(C)CNC(=O)C2CCCC(N)C2)C1. The minimum Gasteiger partial charge on any atom is -0.354 e. The van der Waals surface area contributed by atoms with Crippen molar-refractivity contribution < 1.29 is 4.79 Å². The quantitative estimate of drug-likeness (QED) is 0.820. The highest BCUT2D eigenvalue weighted by molar-refractivity contribution is 5.78. The van der Waals surface area contributed by atoms with Crippen LogP contribution < -0.4 is 11.1 Å². The number of nitrogens with zero attached hydrogens (tertiary/aromatic N) is 1. The number of nitrogens with two attached hydrogens (primary N) is 1. The van der Waals surface area contributed by atoms with Gasteiger partial charge in [-0.2, -0.15) is 0 Å². The molecule has 1 aliphatic heterocycles. The number of amides is 1. The molecule has 128 valence electrons. The van der Waals surface area contributed by atoms with Crippen LogP contribution in [-0.4, -0.2) is 42.0 Å². The minimum atomic E-state index is 0.0419. The fourth-order valence-corrected chi connectivity index (χ4v) is 3.97. The van der Waals surface area contributed by atoms with E-state index in [1.807, 2.05) is 0 Å². The number of carbonyl (C=O) groups is 1. The molecule has 3 atom stereocenters. The van der Waals surface area contributed by atoms with Gasteiger partial charge in [-0.05, 0) is 58.4 Å². The Kier molecular flexibility index (Phi) is 6.27. The largest absolute Gasteiger partial charge is 0.354 e. The Bertz CT molecular complexity index is 369. The number of likely N-dealkylation sites (tertiary alicyclic amines) is 1. The van der Waals surface area contributed by atoms with Crippen LogP contribution in [0, 0.1) is 11.8 Å². The summed E-state index contributed by atoms with van der Waals surface area (Å²) in [4.78, 5) is 15.0. The lowest BCUT2D eigenvalue weighted by atomic mass is 9.85. The Balaban J connectivity index is 1.82. The number of carbonyl (C=O) groups excluding carboxylic acids is 1. The first-order chi connectivity index (χ1) is 10.4. The molecule has 0 aromatic heterocycles. The number of hydrogen-bond donors (Lipinski definition) is 2. The van der Waals surface area contributed by atoms with Crippen molar-refractivity contribution in [2.24, 2.45) is 17.6 Å². The Morgan fingerprint density at radius 2 is 2.05 bits per heavy atom. The van der Waals surface area contributed by atoms with E-state index in [1.54, 1.807) is 0 Å². The maximum Gasteiger partial charge on any atom is 0.223 e. The Morgan fingerprint density at radius 1 is 1.27 bits per heavy atom. The van der Waals surface area contributed by atoms with Crippen LogP contribution in [0.2, 0.25) is 0 Å². The molecule has 22 heavy (non-hydrogen) atoms. The lowest BCUT2D eigenvalue weighted by molar-refractivity contribution is -0.126. The summed E-state index contributed by atoms with van der Waals surface area (Å²) in [6.45, 7) is 9.89. The summed E-state index contributed by atoms with van der Waals surface area (Å²) in [5, 5.41) is 3.21. The van der Waals surface area contributed by atoms with Crippen LogP contribution in [0.1, 0.15) is 65.7 Å². The van der Waals surface area contributed by atoms with Crippen LogP contribution in [0.4, 0.5) is 0 Å². The highest BCUT2D eigenvalue weighted by atomic mass is 16.1. The predicted octanol–water partition coefficient (Wildman–Crippen LogP) is 2.52. The van der Waals surface area contributed by atoms with Gasteiger partial charge in [0.2, 0.25) is 5.91 Å². The fraction of sp³-hybridized carbons (Fsp3) is 0.944. The zero-order valence-electron chi connectivity index (χ0n) is 14.7. The Labute approximate surface area is 136 Å². The van der Waals surface area contributed by atoms with Gasteiger partial charge in [-0.1, -0.05) is 19.8 Å². The van der Waals surface area contributed by atoms with Gasteiger partial charge in [-0.25, -0.2) is 0 Å². The van der Waals surface area contributed by atoms with Crippen molar-refractivity contribution in [3.8, 4) is 0 Å². The molecular formula is C18H35N3O. The highest BCUT2D eigenvalue weighted by Crippen LogP contribution is 2.26. The zero-order valence-corrected chi connectivity index (χ0v) is 14.7. The van der Waals surface area contributed by atoms with Crippen molar-refractivity contribution >= 4 is 5.91 Å². The Hall–Kier alpha value is -0.610. The minimum absolute atomic E-state index is 0.0419. The van der Waals surface area contributed by atoms with E-state index in [2.05, 4.69) is 31.0 Å². The third-order valence-corrected chi connectivity index (χ3v) is 5.73. The molecule has 3 unspecified atom stereocenters. The molecule has 0 bridgehead atoms. The first kappa shape index (κ1) is 17.7. The summed E-state index contributed by atoms with van der Waals surface area (Å²) in [6, 6.07) is 0.213. The van der Waals surface area contributed by atoms with E-state index in [0.29, 0.717) is 0 Å². The summed E-state index contributed by atoms with van der Waals surface area (Å²) in [5.41, 5.74) is 6.05. The first-order valence-corrected chi connectivity index (χ1v) is 9.20. The molecule has 0 spiro atoms. The molecule has 0 aromatic rings. The second-order valence-corrected chi connectivity index (χ2v) is 8.02. The van der Waals surface area contributed by atoms with Crippen LogP contribution in [0.15, 0.2) is 0 Å². The number of hydrogen-bond acceptors (Lipinski definition) is 3. The van der Waals surface area contributed by atoms with Crippen LogP contribution in [0.25, 0.3) is 0 Å². The molecule has 1 saturated heterocycles. The normalized spacial score (nSPS) is 31.0. The molecular weight excluding hydrogens is 274 g/mol. The molecule has 1 saturated carbocycles. The van der Waals surface area contributed by atoms with Gasteiger partial charge >= 0.3 is 0 Å². The van der Waals surface area contributed by atoms with Crippen molar-refractivity contribution in [2.45, 2.75) is 77.3 Å². The third kappa shape index (κ3) is 4.69. The summed E-state index contributed by atoms with van der Waals surface area (Å²) in [7, 11) is 0. The standard InChI is InChI=1S/C18H35N3O/c1-4-14-7-6-10-21(12-14)18(2,3)13-20-17(22)15-8-5-9-16(19)11-15/h14-16H,4-13,19H2,1-3H3,(H,20,22). The summed E-state index contributed by atoms with van der Waals surface area (Å²) >= 11 is 0. The predicted molar refractivity (Wildman–Crippen MR) is 91.6 cm³/mol. The van der Waals surface area contributed by atoms with Crippen molar-refractivity contribution in [1.29, 1.82) is 0 Å². The van der Waals surface area contributed by atoms with Crippen molar-refractivity contribution in [3.63, 3.8) is 0 Å². The lowest BCUT2D eigenvalue weighted by Gasteiger charge is -2.44. The van der Waals surface area contributed by atoms with E-state index in [0.717, 1.165) is 44.7 Å². The zero-order chi connectivity index (χ0) is 16.2. The van der Waals surface area contributed by atoms with Gasteiger partial charge in [-0.15, -0.1) is 0 Å². The van der Waals surface area contributed by atoms with Gasteiger partial charge in [0.25, 0.3) is 0 Å². The fourth-order valence-electron chi connectivity index (χ4n) is 3.97. The topological polar surface area (TPSA) is 58.4 Å². The molecule has 4 heteroatoms. The van der Waals surface area contributed by atoms with E-state index in [4.69, 9.17) is 5.73 Å². The number of rotatable bonds is 5. The first-order valence-electron chi connectivity index (χ1n) is 9.20. The van der Waals surface area contributed by atoms with Crippen LogP contribution >= 0.6 is 0 Å². The van der Waals surface area contributed by atoms with Gasteiger partial charge in [-0.3, -0.25) is 9.69 Å². The second-order valence-electron chi connectivity index (χ2n) is 8.02. The molecule has 2 fully saturated rings. The molecule has 4 nitrogen and oxygen atoms in total. The average Bonchev–Trinajstić information content (AvgIpc) is 2.52. The molecule has 2 aliphatic rings. The summed E-state index contributed by atoms with van der Waals surface area (Å²) in [5.74, 6) is 1.16. The molecule has 0 radical (unpaired) electrons. The number of piperidine rings is 1. The summed E-state index contributed by atoms with van der Waals surface area (Å²) < 4.78 is 0. The van der Waals surface area contributed by atoms with Gasteiger partial charge in [0.05, 0.1) is 0 Å². The van der Waals surface area contributed by atoms with Gasteiger partial charge < -0.3 is 11.1 Å². The van der Waals surface area contributed by atoms with Gasteiger partial charge in [0.1, 0.15) is 0 Å². The van der Waals surface area contributed by atoms with Gasteiger partial charge in [0.15, 0.2) is 0 Å². The van der Waals surface area contributed by atoms with E-state index in [9.17, 15) is 4.79 Å². The Morgan fingerprint density at radius 3 is 2.73 bits per heavy atom. The van der Waals surface area contributed by atoms with E-state index >= 15 is 0 Å². The molecule has 2 rings (SSSR count). The second kappa shape index (κ2) is 7.78. The van der Waals surface area contributed by atoms with Gasteiger partial charge in [0, 0.05) is 30.6 Å². The van der Waals surface area contributed by atoms with Crippen LogP contribution in [-0.2, 0) is 4.79 Å². The average molecular weight is 309 g/mol.